The maximum Gasteiger partial charge on any atom is 0.352 e. The third-order valence-corrected chi connectivity index (χ3v) is 2.61. The fourth-order valence-corrected chi connectivity index (χ4v) is 1.92. The molecule has 0 saturated carbocycles. The highest BCUT2D eigenvalue weighted by atomic mass is 16.4. The molecular formula is C11H8N2O2. The maximum atomic E-state index is 10.8. The Morgan fingerprint density at radius 2 is 2.33 bits per heavy atom. The SMILES string of the molecule is O=C(O)c1cc2c3c(ccc2[nH]1)=NCC=3. The van der Waals surface area contributed by atoms with Gasteiger partial charge in [0.25, 0.3) is 0 Å². The monoisotopic (exact) mass is 200 g/mol. The highest BCUT2D eigenvalue weighted by molar-refractivity contribution is 5.94. The number of benzene rings is 1. The highest BCUT2D eigenvalue weighted by Gasteiger charge is 2.09. The van der Waals surface area contributed by atoms with Gasteiger partial charge in [0.05, 0.1) is 11.9 Å². The normalized spacial score (nSPS) is 13.3. The van der Waals surface area contributed by atoms with E-state index >= 15 is 0 Å². The lowest BCUT2D eigenvalue weighted by atomic mass is 10.2. The van der Waals surface area contributed by atoms with Gasteiger partial charge in [0.2, 0.25) is 0 Å². The van der Waals surface area contributed by atoms with Gasteiger partial charge >= 0.3 is 5.97 Å². The van der Waals surface area contributed by atoms with Gasteiger partial charge in [0.1, 0.15) is 5.69 Å². The van der Waals surface area contributed by atoms with Crippen LogP contribution in [0.25, 0.3) is 17.0 Å². The summed E-state index contributed by atoms with van der Waals surface area (Å²) in [5.74, 6) is -0.935. The number of rotatable bonds is 1. The Bertz CT molecular complexity index is 682. The zero-order valence-electron chi connectivity index (χ0n) is 7.82. The summed E-state index contributed by atoms with van der Waals surface area (Å²) < 4.78 is 0. The minimum atomic E-state index is -0.935. The number of hydrogen-bond donors (Lipinski definition) is 2. The first-order valence-corrected chi connectivity index (χ1v) is 4.65. The van der Waals surface area contributed by atoms with E-state index in [4.69, 9.17) is 5.11 Å². The van der Waals surface area contributed by atoms with Crippen molar-refractivity contribution in [2.45, 2.75) is 0 Å². The van der Waals surface area contributed by atoms with Gasteiger partial charge in [-0.2, -0.15) is 0 Å². The van der Waals surface area contributed by atoms with Crippen LogP contribution >= 0.6 is 0 Å². The van der Waals surface area contributed by atoms with Gasteiger partial charge in [-0.1, -0.05) is 6.08 Å². The van der Waals surface area contributed by atoms with E-state index < -0.39 is 5.97 Å². The van der Waals surface area contributed by atoms with Crippen molar-refractivity contribution in [3.05, 3.63) is 34.5 Å². The Balaban J connectivity index is 2.48. The molecule has 1 aromatic carbocycles. The number of carboxylic acid groups (broad SMARTS) is 1. The molecule has 15 heavy (non-hydrogen) atoms. The standard InChI is InChI=1S/C11H8N2O2/c14-11(15)10-5-7-6-3-4-12-8(6)1-2-9(7)13-10/h1-3,5,13H,4H2,(H,14,15). The van der Waals surface area contributed by atoms with Crippen molar-refractivity contribution in [2.24, 2.45) is 4.99 Å². The molecule has 1 aliphatic heterocycles. The fraction of sp³-hybridized carbons (Fsp3) is 0.0909. The summed E-state index contributed by atoms with van der Waals surface area (Å²) in [4.78, 5) is 18.0. The number of aromatic amines is 1. The first-order chi connectivity index (χ1) is 7.25. The van der Waals surface area contributed by atoms with Crippen molar-refractivity contribution in [1.82, 2.24) is 4.98 Å². The summed E-state index contributed by atoms with van der Waals surface area (Å²) in [7, 11) is 0. The minimum Gasteiger partial charge on any atom is -0.477 e. The van der Waals surface area contributed by atoms with Crippen LogP contribution in [-0.4, -0.2) is 22.6 Å². The summed E-state index contributed by atoms with van der Waals surface area (Å²) in [5.41, 5.74) is 1.07. The van der Waals surface area contributed by atoms with Crippen molar-refractivity contribution < 1.29 is 9.90 Å². The summed E-state index contributed by atoms with van der Waals surface area (Å²) in [6, 6.07) is 5.43. The number of H-pyrrole nitrogens is 1. The Labute approximate surface area is 84.6 Å². The smallest absolute Gasteiger partial charge is 0.352 e. The van der Waals surface area contributed by atoms with Gasteiger partial charge in [-0.05, 0) is 18.2 Å². The van der Waals surface area contributed by atoms with Crippen molar-refractivity contribution in [2.75, 3.05) is 6.54 Å². The van der Waals surface area contributed by atoms with E-state index in [9.17, 15) is 4.79 Å². The number of nitrogens with one attached hydrogen (secondary N) is 1. The number of carbonyl (C=O) groups is 1. The summed E-state index contributed by atoms with van der Waals surface area (Å²) in [5, 5.41) is 11.8. The van der Waals surface area contributed by atoms with E-state index in [0.717, 1.165) is 21.5 Å². The molecule has 3 rings (SSSR count). The van der Waals surface area contributed by atoms with Gasteiger partial charge in [0.15, 0.2) is 0 Å². The van der Waals surface area contributed by atoms with E-state index in [1.807, 2.05) is 18.2 Å². The Kier molecular flexibility index (Phi) is 1.48. The van der Waals surface area contributed by atoms with Gasteiger partial charge in [-0.3, -0.25) is 4.99 Å². The van der Waals surface area contributed by atoms with E-state index in [-0.39, 0.29) is 5.69 Å². The number of nitrogens with zero attached hydrogens (tertiary/aromatic N) is 1. The van der Waals surface area contributed by atoms with E-state index in [2.05, 4.69) is 9.98 Å². The Morgan fingerprint density at radius 1 is 1.47 bits per heavy atom. The first-order valence-electron chi connectivity index (χ1n) is 4.65. The lowest BCUT2D eigenvalue weighted by molar-refractivity contribution is 0.0691. The summed E-state index contributed by atoms with van der Waals surface area (Å²) in [6.45, 7) is 0.683. The Morgan fingerprint density at radius 3 is 3.13 bits per heavy atom. The molecule has 0 atom stereocenters. The van der Waals surface area contributed by atoms with Crippen LogP contribution in [0.15, 0.2) is 23.2 Å². The van der Waals surface area contributed by atoms with Crippen molar-refractivity contribution >= 4 is 22.9 Å². The molecule has 1 aliphatic rings. The second kappa shape index (κ2) is 2.70. The lowest BCUT2D eigenvalue weighted by Gasteiger charge is -1.87. The van der Waals surface area contributed by atoms with Crippen LogP contribution in [0.2, 0.25) is 0 Å². The maximum absolute atomic E-state index is 10.8. The van der Waals surface area contributed by atoms with Gasteiger partial charge < -0.3 is 10.1 Å². The molecule has 4 nitrogen and oxygen atoms in total. The second-order valence-electron chi connectivity index (χ2n) is 3.49. The third-order valence-electron chi connectivity index (χ3n) is 2.61. The van der Waals surface area contributed by atoms with Crippen molar-refractivity contribution in [1.29, 1.82) is 0 Å². The first kappa shape index (κ1) is 8.23. The minimum absolute atomic E-state index is 0.221. The van der Waals surface area contributed by atoms with Crippen LogP contribution in [-0.2, 0) is 0 Å². The van der Waals surface area contributed by atoms with E-state index in [1.165, 1.54) is 0 Å². The molecule has 2 heterocycles. The predicted molar refractivity (Wildman–Crippen MR) is 55.4 cm³/mol. The molecule has 0 aliphatic carbocycles. The fourth-order valence-electron chi connectivity index (χ4n) is 1.92. The summed E-state index contributed by atoms with van der Waals surface area (Å²) >= 11 is 0. The molecule has 2 aromatic rings. The number of aromatic carboxylic acids is 1. The van der Waals surface area contributed by atoms with Gasteiger partial charge in [0, 0.05) is 16.1 Å². The zero-order valence-corrected chi connectivity index (χ0v) is 7.82. The molecule has 0 radical (unpaired) electrons. The molecule has 0 fully saturated rings. The number of carboxylic acids is 1. The molecule has 0 amide bonds. The van der Waals surface area contributed by atoms with Crippen molar-refractivity contribution in [3.63, 3.8) is 0 Å². The molecule has 0 saturated heterocycles. The van der Waals surface area contributed by atoms with Gasteiger partial charge in [-0.15, -0.1) is 0 Å². The zero-order chi connectivity index (χ0) is 10.4. The second-order valence-corrected chi connectivity index (χ2v) is 3.49. The third kappa shape index (κ3) is 1.08. The molecule has 4 heteroatoms. The highest BCUT2D eigenvalue weighted by Crippen LogP contribution is 2.10. The molecule has 0 spiro atoms. The number of aromatic nitrogens is 1. The van der Waals surface area contributed by atoms with Crippen LogP contribution in [0, 0.1) is 0 Å². The number of fused-ring (bicyclic) bond motifs is 3. The van der Waals surface area contributed by atoms with Crippen LogP contribution in [0.4, 0.5) is 0 Å². The molecular weight excluding hydrogens is 192 g/mol. The summed E-state index contributed by atoms with van der Waals surface area (Å²) in [6.07, 6.45) is 2.01. The molecule has 0 unspecified atom stereocenters. The van der Waals surface area contributed by atoms with Crippen LogP contribution in [0.1, 0.15) is 10.5 Å². The van der Waals surface area contributed by atoms with E-state index in [0.29, 0.717) is 6.54 Å². The molecule has 2 N–H and O–H groups in total. The molecule has 1 aromatic heterocycles. The van der Waals surface area contributed by atoms with Crippen LogP contribution < -0.4 is 10.6 Å². The topological polar surface area (TPSA) is 65.4 Å². The largest absolute Gasteiger partial charge is 0.477 e. The van der Waals surface area contributed by atoms with Gasteiger partial charge in [-0.25, -0.2) is 4.79 Å². The average molecular weight is 200 g/mol. The van der Waals surface area contributed by atoms with Crippen LogP contribution in [0.3, 0.4) is 0 Å². The predicted octanol–water partition coefficient (Wildman–Crippen LogP) is 0.280. The molecule has 0 bridgehead atoms. The number of hydrogen-bond acceptors (Lipinski definition) is 2. The Hall–Kier alpha value is -2.10. The van der Waals surface area contributed by atoms with E-state index in [1.54, 1.807) is 6.07 Å². The quantitative estimate of drug-likeness (QED) is 0.694. The lowest BCUT2D eigenvalue weighted by Crippen LogP contribution is -2.21. The average Bonchev–Trinajstić information content (AvgIpc) is 2.82. The van der Waals surface area contributed by atoms with Crippen molar-refractivity contribution in [3.8, 4) is 0 Å². The van der Waals surface area contributed by atoms with Crippen LogP contribution in [0.5, 0.6) is 0 Å². The molecule has 74 valence electrons.